The van der Waals surface area contributed by atoms with Gasteiger partial charge in [0.05, 0.1) is 17.7 Å². The molecule has 8 aromatic rings. The first-order chi connectivity index (χ1) is 30.0. The lowest BCUT2D eigenvalue weighted by atomic mass is 9.81. The number of para-hydroxylation sites is 1. The van der Waals surface area contributed by atoms with Gasteiger partial charge in [-0.3, -0.25) is 4.57 Å². The predicted molar refractivity (Wildman–Crippen MR) is 266 cm³/mol. The first-order valence-corrected chi connectivity index (χ1v) is 22.3. The molecule has 0 radical (unpaired) electrons. The molecule has 0 N–H and O–H groups in total. The maximum atomic E-state index is 7.09. The van der Waals surface area contributed by atoms with Gasteiger partial charge in [0.25, 0.3) is 0 Å². The summed E-state index contributed by atoms with van der Waals surface area (Å²) in [7, 11) is 0. The van der Waals surface area contributed by atoms with E-state index in [2.05, 4.69) is 236 Å². The molecule has 0 fully saturated rings. The number of ether oxygens (including phenoxy) is 1. The third-order valence-corrected chi connectivity index (χ3v) is 12.4. The Labute approximate surface area is 374 Å². The van der Waals surface area contributed by atoms with Gasteiger partial charge in [-0.15, -0.1) is 0 Å². The summed E-state index contributed by atoms with van der Waals surface area (Å²) >= 11 is 0. The molecular weight excluding hydrogens is 769 g/mol. The average Bonchev–Trinajstić information content (AvgIpc) is 3.82. The van der Waals surface area contributed by atoms with Crippen LogP contribution < -0.4 is 14.5 Å². The lowest BCUT2D eigenvalue weighted by Gasteiger charge is -2.34. The van der Waals surface area contributed by atoms with E-state index in [9.17, 15) is 0 Å². The van der Waals surface area contributed by atoms with Crippen molar-refractivity contribution in [1.29, 1.82) is 0 Å². The standard InChI is InChI=1S/C58H60N4O/c1-38-18-17-19-39(2)53(38)42-32-45(61-37-60(54(57(6,7)8)55(61)58(9,10)11)44-26-24-41(25-27-44)40-20-13-12-14-21-40)35-47(33-42)63-46-28-29-49-48-22-15-16-23-50(48)62(51(49)36-46)52-34-43(30-31-59-52)56(3,4)5/h12-36H,37H2,1-11H3. The Morgan fingerprint density at radius 2 is 1.10 bits per heavy atom. The largest absolute Gasteiger partial charge is 0.457 e. The highest BCUT2D eigenvalue weighted by atomic mass is 16.5. The van der Waals surface area contributed by atoms with Crippen molar-refractivity contribution < 1.29 is 4.74 Å². The SMILES string of the molecule is Cc1cccc(C)c1-c1cc(Oc2ccc3c4ccccc4n(-c4cc(C(C)(C)C)ccn4)c3c2)cc(N2CN(c3ccc(-c4ccccc4)cc3)C(C(C)(C)C)=C2C(C)(C)C)c1. The monoisotopic (exact) mass is 828 g/mol. The van der Waals surface area contributed by atoms with E-state index < -0.39 is 0 Å². The van der Waals surface area contributed by atoms with Crippen molar-refractivity contribution in [3.05, 3.63) is 180 Å². The van der Waals surface area contributed by atoms with Gasteiger partial charge in [0.1, 0.15) is 17.3 Å². The zero-order valence-electron chi connectivity index (χ0n) is 38.8. The summed E-state index contributed by atoms with van der Waals surface area (Å²) in [6, 6.07) is 52.5. The number of anilines is 2. The third kappa shape index (κ3) is 7.90. The van der Waals surface area contributed by atoms with Crippen molar-refractivity contribution in [2.24, 2.45) is 10.8 Å². The van der Waals surface area contributed by atoms with Gasteiger partial charge in [-0.2, -0.15) is 0 Å². The van der Waals surface area contributed by atoms with E-state index in [-0.39, 0.29) is 16.2 Å². The third-order valence-electron chi connectivity index (χ3n) is 12.4. The van der Waals surface area contributed by atoms with E-state index >= 15 is 0 Å². The fourth-order valence-electron chi connectivity index (χ4n) is 9.56. The number of aryl methyl sites for hydroxylation is 2. The van der Waals surface area contributed by atoms with Crippen LogP contribution >= 0.6 is 0 Å². The number of nitrogens with zero attached hydrogens (tertiary/aromatic N) is 4. The highest BCUT2D eigenvalue weighted by Crippen LogP contribution is 2.49. The summed E-state index contributed by atoms with van der Waals surface area (Å²) in [6.45, 7) is 25.9. The molecule has 3 heterocycles. The Bertz CT molecular complexity index is 3000. The van der Waals surface area contributed by atoms with Crippen molar-refractivity contribution in [3.63, 3.8) is 0 Å². The van der Waals surface area contributed by atoms with Crippen LogP contribution in [0, 0.1) is 24.7 Å². The van der Waals surface area contributed by atoms with Crippen molar-refractivity contribution in [2.75, 3.05) is 16.5 Å². The molecule has 2 aromatic heterocycles. The molecule has 6 aromatic carbocycles. The Hall–Kier alpha value is -6.59. The van der Waals surface area contributed by atoms with Crippen molar-refractivity contribution >= 4 is 33.2 Å². The first kappa shape index (κ1) is 41.7. The number of hydrogen-bond donors (Lipinski definition) is 0. The fraction of sp³-hybridized carbons (Fsp3) is 0.259. The van der Waals surface area contributed by atoms with Gasteiger partial charge in [0.15, 0.2) is 0 Å². The van der Waals surface area contributed by atoms with Crippen LogP contribution in [0.2, 0.25) is 0 Å². The summed E-state index contributed by atoms with van der Waals surface area (Å²) < 4.78 is 9.37. The molecule has 0 atom stereocenters. The van der Waals surface area contributed by atoms with Crippen LogP contribution in [0.3, 0.4) is 0 Å². The second-order valence-corrected chi connectivity index (χ2v) is 20.4. The summed E-state index contributed by atoms with van der Waals surface area (Å²) in [5.74, 6) is 2.46. The van der Waals surface area contributed by atoms with E-state index in [1.165, 1.54) is 55.8 Å². The highest BCUT2D eigenvalue weighted by molar-refractivity contribution is 6.09. The van der Waals surface area contributed by atoms with Gasteiger partial charge in [-0.1, -0.05) is 141 Å². The molecule has 0 spiro atoms. The van der Waals surface area contributed by atoms with Gasteiger partial charge < -0.3 is 14.5 Å². The Morgan fingerprint density at radius 3 is 1.76 bits per heavy atom. The normalized spacial score (nSPS) is 13.8. The van der Waals surface area contributed by atoms with Gasteiger partial charge in [-0.25, -0.2) is 4.98 Å². The maximum absolute atomic E-state index is 7.09. The van der Waals surface area contributed by atoms with Crippen LogP contribution in [0.5, 0.6) is 11.5 Å². The number of benzene rings is 6. The van der Waals surface area contributed by atoms with E-state index in [0.717, 1.165) is 45.0 Å². The molecule has 5 heteroatoms. The smallest absolute Gasteiger partial charge is 0.137 e. The van der Waals surface area contributed by atoms with Crippen molar-refractivity contribution in [2.45, 2.75) is 81.6 Å². The quantitative estimate of drug-likeness (QED) is 0.160. The lowest BCUT2D eigenvalue weighted by Crippen LogP contribution is -2.31. The molecule has 1 aliphatic rings. The minimum atomic E-state index is -0.173. The predicted octanol–water partition coefficient (Wildman–Crippen LogP) is 15.8. The second kappa shape index (κ2) is 15.6. The summed E-state index contributed by atoms with van der Waals surface area (Å²) in [5.41, 5.74) is 15.2. The number of rotatable bonds is 7. The molecule has 1 aliphatic heterocycles. The van der Waals surface area contributed by atoms with Gasteiger partial charge in [-0.05, 0) is 113 Å². The molecule has 63 heavy (non-hydrogen) atoms. The molecule has 9 rings (SSSR count). The minimum absolute atomic E-state index is 0.0159. The van der Waals surface area contributed by atoms with Crippen molar-refractivity contribution in [1.82, 2.24) is 9.55 Å². The average molecular weight is 829 g/mol. The molecule has 5 nitrogen and oxygen atoms in total. The second-order valence-electron chi connectivity index (χ2n) is 20.4. The van der Waals surface area contributed by atoms with Crippen LogP contribution in [0.1, 0.15) is 79.0 Å². The topological polar surface area (TPSA) is 33.5 Å². The van der Waals surface area contributed by atoms with Crippen LogP contribution in [-0.2, 0) is 5.41 Å². The molecule has 0 aliphatic carbocycles. The van der Waals surface area contributed by atoms with Gasteiger partial charge in [0, 0.05) is 62.7 Å². The van der Waals surface area contributed by atoms with E-state index in [0.29, 0.717) is 6.67 Å². The Morgan fingerprint density at radius 1 is 0.476 bits per heavy atom. The number of hydrogen-bond acceptors (Lipinski definition) is 4. The lowest BCUT2D eigenvalue weighted by molar-refractivity contribution is 0.444. The first-order valence-electron chi connectivity index (χ1n) is 22.3. The van der Waals surface area contributed by atoms with Gasteiger partial charge >= 0.3 is 0 Å². The Balaban J connectivity index is 1.19. The van der Waals surface area contributed by atoms with Crippen LogP contribution in [0.4, 0.5) is 11.4 Å². The zero-order valence-corrected chi connectivity index (χ0v) is 38.8. The molecule has 0 amide bonds. The maximum Gasteiger partial charge on any atom is 0.137 e. The number of aromatic nitrogens is 2. The van der Waals surface area contributed by atoms with Crippen molar-refractivity contribution in [3.8, 4) is 39.6 Å². The summed E-state index contributed by atoms with van der Waals surface area (Å²) in [4.78, 5) is 9.99. The van der Waals surface area contributed by atoms with E-state index in [1.807, 2.05) is 6.20 Å². The van der Waals surface area contributed by atoms with Gasteiger partial charge in [0.2, 0.25) is 0 Å². The van der Waals surface area contributed by atoms with Crippen LogP contribution in [0.15, 0.2) is 163 Å². The molecule has 0 saturated carbocycles. The number of fused-ring (bicyclic) bond motifs is 3. The fourth-order valence-corrected chi connectivity index (χ4v) is 9.56. The van der Waals surface area contributed by atoms with E-state index in [1.54, 1.807) is 0 Å². The summed E-state index contributed by atoms with van der Waals surface area (Å²) in [6.07, 6.45) is 1.93. The van der Waals surface area contributed by atoms with Crippen LogP contribution in [0.25, 0.3) is 49.9 Å². The zero-order chi connectivity index (χ0) is 44.4. The minimum Gasteiger partial charge on any atom is -0.457 e. The molecule has 0 bridgehead atoms. The number of allylic oxidation sites excluding steroid dienone is 2. The summed E-state index contributed by atoms with van der Waals surface area (Å²) in [5, 5.41) is 2.35. The molecular formula is C58H60N4O. The highest BCUT2D eigenvalue weighted by Gasteiger charge is 2.42. The van der Waals surface area contributed by atoms with E-state index in [4.69, 9.17) is 9.72 Å². The molecule has 318 valence electrons. The Kier molecular flexibility index (Phi) is 10.4. The molecule has 0 unspecified atom stereocenters. The number of pyridine rings is 1. The molecule has 0 saturated heterocycles. The van der Waals surface area contributed by atoms with Crippen LogP contribution in [-0.4, -0.2) is 16.2 Å².